The Morgan fingerprint density at radius 2 is 1.45 bits per heavy atom. The van der Waals surface area contributed by atoms with Gasteiger partial charge in [0.05, 0.1) is 11.3 Å². The van der Waals surface area contributed by atoms with Crippen LogP contribution in [0.2, 0.25) is 0 Å². The zero-order valence-electron chi connectivity index (χ0n) is 17.5. The molecule has 0 radical (unpaired) electrons. The van der Waals surface area contributed by atoms with E-state index in [1.165, 1.54) is 56.6 Å². The Balaban J connectivity index is 1.74. The first-order chi connectivity index (χ1) is 15.4. The number of aromatic hydroxyl groups is 1. The van der Waals surface area contributed by atoms with E-state index in [4.69, 9.17) is 0 Å². The summed E-state index contributed by atoms with van der Waals surface area (Å²) in [7, 11) is -1.23. The zero-order chi connectivity index (χ0) is 24.4. The Morgan fingerprint density at radius 3 is 1.97 bits per heavy atom. The summed E-state index contributed by atoms with van der Waals surface area (Å²) in [6, 6.07) is 14.8. The minimum absolute atomic E-state index is 0.112. The number of amides is 1. The molecule has 0 heterocycles. The van der Waals surface area contributed by atoms with E-state index in [-0.39, 0.29) is 22.7 Å². The molecule has 3 rings (SSSR count). The van der Waals surface area contributed by atoms with Crippen molar-refractivity contribution in [2.24, 2.45) is 0 Å². The van der Waals surface area contributed by atoms with Gasteiger partial charge in [0.25, 0.3) is 5.91 Å². The number of phenolic OH excluding ortho intramolecular Hbond substituents is 1. The number of halogens is 3. The summed E-state index contributed by atoms with van der Waals surface area (Å²) in [4.78, 5) is 12.6. The van der Waals surface area contributed by atoms with E-state index in [9.17, 15) is 31.5 Å². The van der Waals surface area contributed by atoms with Crippen molar-refractivity contribution in [3.63, 3.8) is 0 Å². The number of hydrogen-bond donors (Lipinski definition) is 3. The van der Waals surface area contributed by atoms with Crippen LogP contribution < -0.4 is 10.0 Å². The second kappa shape index (κ2) is 9.12. The van der Waals surface area contributed by atoms with Crippen LogP contribution in [-0.4, -0.2) is 37.8 Å². The lowest BCUT2D eigenvalue weighted by atomic mass is 10.0. The monoisotopic (exact) mass is 479 g/mol. The molecule has 33 heavy (non-hydrogen) atoms. The predicted molar refractivity (Wildman–Crippen MR) is 119 cm³/mol. The van der Waals surface area contributed by atoms with E-state index in [2.05, 4.69) is 10.0 Å². The van der Waals surface area contributed by atoms with Crippen molar-refractivity contribution in [1.82, 2.24) is 4.31 Å². The van der Waals surface area contributed by atoms with Crippen LogP contribution in [0.4, 0.5) is 24.5 Å². The first-order valence-corrected chi connectivity index (χ1v) is 10.9. The number of nitrogens with one attached hydrogen (secondary N) is 2. The third kappa shape index (κ3) is 5.82. The summed E-state index contributed by atoms with van der Waals surface area (Å²) in [6.07, 6.45) is -4.42. The van der Waals surface area contributed by atoms with E-state index in [0.29, 0.717) is 11.1 Å². The lowest BCUT2D eigenvalue weighted by Crippen LogP contribution is -2.29. The number of hydrogen-bond acceptors (Lipinski definition) is 4. The average Bonchev–Trinajstić information content (AvgIpc) is 2.75. The SMILES string of the molecule is CN(C)S(=O)(=O)Nc1cc(NC(=O)c2ccc(-c3ccc(C(F)(F)F)cc3)cc2)ccc1O. The van der Waals surface area contributed by atoms with Crippen LogP contribution >= 0.6 is 0 Å². The Hall–Kier alpha value is -3.57. The first kappa shape index (κ1) is 24.1. The molecular weight excluding hydrogens is 459 g/mol. The molecule has 174 valence electrons. The maximum atomic E-state index is 12.7. The standard InChI is InChI=1S/C22H20F3N3O4S/c1-28(2)33(31,32)27-19-13-18(11-12-20(19)29)26-21(30)16-5-3-14(4-6-16)15-7-9-17(10-8-15)22(23,24)25/h3-13,27,29H,1-2H3,(H,26,30). The van der Waals surface area contributed by atoms with Gasteiger partial charge in [0.15, 0.2) is 0 Å². The number of carbonyl (C=O) groups is 1. The largest absolute Gasteiger partial charge is 0.506 e. The van der Waals surface area contributed by atoms with Gasteiger partial charge in [0, 0.05) is 25.3 Å². The molecule has 0 saturated carbocycles. The lowest BCUT2D eigenvalue weighted by molar-refractivity contribution is -0.137. The van der Waals surface area contributed by atoms with Crippen LogP contribution in [0, 0.1) is 0 Å². The van der Waals surface area contributed by atoms with E-state index >= 15 is 0 Å². The van der Waals surface area contributed by atoms with Gasteiger partial charge in [-0.05, 0) is 53.6 Å². The van der Waals surface area contributed by atoms with Gasteiger partial charge in [-0.15, -0.1) is 0 Å². The van der Waals surface area contributed by atoms with Crippen molar-refractivity contribution in [3.05, 3.63) is 77.9 Å². The molecule has 3 aromatic rings. The average molecular weight is 479 g/mol. The summed E-state index contributed by atoms with van der Waals surface area (Å²) in [5.74, 6) is -0.819. The van der Waals surface area contributed by atoms with Gasteiger partial charge in [-0.1, -0.05) is 24.3 Å². The van der Waals surface area contributed by atoms with Crippen molar-refractivity contribution in [3.8, 4) is 16.9 Å². The summed E-state index contributed by atoms with van der Waals surface area (Å²) in [5.41, 5.74) is 0.842. The van der Waals surface area contributed by atoms with Crippen LogP contribution in [0.1, 0.15) is 15.9 Å². The molecule has 0 aliphatic carbocycles. The maximum Gasteiger partial charge on any atom is 0.416 e. The summed E-state index contributed by atoms with van der Waals surface area (Å²) < 4.78 is 65.2. The fraction of sp³-hybridized carbons (Fsp3) is 0.136. The van der Waals surface area contributed by atoms with E-state index in [1.54, 1.807) is 12.1 Å². The molecule has 0 bridgehead atoms. The topological polar surface area (TPSA) is 98.7 Å². The molecule has 0 atom stereocenters. The number of rotatable bonds is 6. The predicted octanol–water partition coefficient (Wildman–Crippen LogP) is 4.55. The van der Waals surface area contributed by atoms with Crippen LogP contribution in [0.5, 0.6) is 5.75 Å². The van der Waals surface area contributed by atoms with Gasteiger partial charge in [0.2, 0.25) is 0 Å². The van der Waals surface area contributed by atoms with Crippen LogP contribution in [0.15, 0.2) is 66.7 Å². The molecule has 3 N–H and O–H groups in total. The normalized spacial score (nSPS) is 11.9. The summed E-state index contributed by atoms with van der Waals surface area (Å²) >= 11 is 0. The lowest BCUT2D eigenvalue weighted by Gasteiger charge is -2.15. The summed E-state index contributed by atoms with van der Waals surface area (Å²) in [5, 5.41) is 12.5. The number of nitrogens with zero attached hydrogens (tertiary/aromatic N) is 1. The van der Waals surface area contributed by atoms with Crippen molar-refractivity contribution < 1.29 is 31.5 Å². The number of phenols is 1. The first-order valence-electron chi connectivity index (χ1n) is 9.49. The van der Waals surface area contributed by atoms with Gasteiger partial charge in [0.1, 0.15) is 5.75 Å². The third-order valence-corrected chi connectivity index (χ3v) is 6.11. The van der Waals surface area contributed by atoms with Crippen LogP contribution in [0.25, 0.3) is 11.1 Å². The molecule has 1 amide bonds. The van der Waals surface area contributed by atoms with E-state index in [1.807, 2.05) is 0 Å². The Morgan fingerprint density at radius 1 is 0.909 bits per heavy atom. The highest BCUT2D eigenvalue weighted by Gasteiger charge is 2.30. The van der Waals surface area contributed by atoms with Gasteiger partial charge < -0.3 is 10.4 Å². The highest BCUT2D eigenvalue weighted by Crippen LogP contribution is 2.31. The Bertz CT molecular complexity index is 1260. The Kier molecular flexibility index (Phi) is 6.65. The highest BCUT2D eigenvalue weighted by molar-refractivity contribution is 7.90. The molecule has 0 saturated heterocycles. The quantitative estimate of drug-likeness (QED) is 0.357. The van der Waals surface area contributed by atoms with Gasteiger partial charge >= 0.3 is 16.4 Å². The molecule has 0 spiro atoms. The molecule has 0 aliphatic heterocycles. The van der Waals surface area contributed by atoms with Crippen molar-refractivity contribution >= 4 is 27.5 Å². The molecule has 11 heteroatoms. The fourth-order valence-corrected chi connectivity index (χ4v) is 3.42. The van der Waals surface area contributed by atoms with Crippen molar-refractivity contribution in [1.29, 1.82) is 0 Å². The number of alkyl halides is 3. The summed E-state index contributed by atoms with van der Waals surface area (Å²) in [6.45, 7) is 0. The zero-order valence-corrected chi connectivity index (χ0v) is 18.3. The number of benzene rings is 3. The minimum Gasteiger partial charge on any atom is -0.506 e. The molecule has 0 aliphatic rings. The molecule has 3 aromatic carbocycles. The third-order valence-electron chi connectivity index (χ3n) is 4.67. The van der Waals surface area contributed by atoms with Crippen LogP contribution in [0.3, 0.4) is 0 Å². The second-order valence-electron chi connectivity index (χ2n) is 7.23. The van der Waals surface area contributed by atoms with Crippen LogP contribution in [-0.2, 0) is 16.4 Å². The molecule has 0 aromatic heterocycles. The van der Waals surface area contributed by atoms with E-state index in [0.717, 1.165) is 16.4 Å². The minimum atomic E-state index is -4.42. The molecule has 7 nitrogen and oxygen atoms in total. The number of anilines is 2. The van der Waals surface area contributed by atoms with Gasteiger partial charge in [-0.3, -0.25) is 9.52 Å². The Labute approximate surface area is 188 Å². The van der Waals surface area contributed by atoms with Gasteiger partial charge in [-0.2, -0.15) is 25.9 Å². The van der Waals surface area contributed by atoms with Crippen molar-refractivity contribution in [2.45, 2.75) is 6.18 Å². The van der Waals surface area contributed by atoms with E-state index < -0.39 is 27.9 Å². The van der Waals surface area contributed by atoms with Gasteiger partial charge in [-0.25, -0.2) is 0 Å². The highest BCUT2D eigenvalue weighted by atomic mass is 32.2. The fourth-order valence-electron chi connectivity index (χ4n) is 2.79. The number of carbonyl (C=O) groups excluding carboxylic acids is 1. The molecule has 0 fully saturated rings. The molecule has 0 unspecified atom stereocenters. The molecular formula is C22H20F3N3O4S. The smallest absolute Gasteiger partial charge is 0.416 e. The second-order valence-corrected chi connectivity index (χ2v) is 9.11. The van der Waals surface area contributed by atoms with Crippen molar-refractivity contribution in [2.75, 3.05) is 24.1 Å². The maximum absolute atomic E-state index is 12.7.